The van der Waals surface area contributed by atoms with Crippen molar-refractivity contribution < 1.29 is 0 Å². The summed E-state index contributed by atoms with van der Waals surface area (Å²) in [6.45, 7) is 9.34. The molecule has 0 aliphatic carbocycles. The molecule has 0 fully saturated rings. The standard InChI is InChI=1S/C10H14N.3C4H9.Sn/c1-2-3-4-7-10-8-5-6-9-11-10;3*1-3-4-2;/h5-6,8H,2-4,7H2,1H3;3*1,3-4H2,2H3;. The van der Waals surface area contributed by atoms with Crippen LogP contribution >= 0.6 is 0 Å². The van der Waals surface area contributed by atoms with E-state index >= 15 is 0 Å². The molecule has 1 aromatic heterocycles. The number of pyridine rings is 1. The summed E-state index contributed by atoms with van der Waals surface area (Å²) in [6, 6.07) is 7.01. The van der Waals surface area contributed by atoms with Gasteiger partial charge in [0.1, 0.15) is 0 Å². The Balaban J connectivity index is 3.02. The third-order valence-electron chi connectivity index (χ3n) is 5.41. The molecule has 138 valence electrons. The third-order valence-corrected chi connectivity index (χ3v) is 20.5. The average Bonchev–Trinajstić information content (AvgIpc) is 2.62. The third kappa shape index (κ3) is 7.45. The zero-order chi connectivity index (χ0) is 17.7. The van der Waals surface area contributed by atoms with Crippen molar-refractivity contribution in [3.8, 4) is 0 Å². The van der Waals surface area contributed by atoms with Gasteiger partial charge in [0.2, 0.25) is 0 Å². The SMILES string of the molecule is CCCCCc1ccc[c]([Sn]([CH2]CCC)([CH2]CCC)[CH2]CCC)n1. The second-order valence-electron chi connectivity index (χ2n) is 7.56. The Morgan fingerprint density at radius 2 is 1.25 bits per heavy atom. The maximum absolute atomic E-state index is 5.27. The van der Waals surface area contributed by atoms with Crippen LogP contribution in [0.15, 0.2) is 18.2 Å². The number of aryl methyl sites for hydroxylation is 1. The molecule has 1 rings (SSSR count). The first-order valence-corrected chi connectivity index (χ1v) is 18.2. The van der Waals surface area contributed by atoms with Crippen molar-refractivity contribution in [3.63, 3.8) is 0 Å². The van der Waals surface area contributed by atoms with Gasteiger partial charge in [0.25, 0.3) is 0 Å². The van der Waals surface area contributed by atoms with E-state index in [1.807, 2.05) is 0 Å². The fourth-order valence-corrected chi connectivity index (χ4v) is 19.3. The van der Waals surface area contributed by atoms with Gasteiger partial charge in [-0.3, -0.25) is 0 Å². The Morgan fingerprint density at radius 1 is 0.708 bits per heavy atom. The molecule has 0 aliphatic heterocycles. The topological polar surface area (TPSA) is 12.9 Å². The molecule has 0 bridgehead atoms. The summed E-state index contributed by atoms with van der Waals surface area (Å²) in [5.74, 6) is 0. The number of nitrogens with zero attached hydrogens (tertiary/aromatic N) is 1. The summed E-state index contributed by atoms with van der Waals surface area (Å²) in [6.07, 6.45) is 13.4. The average molecular weight is 438 g/mol. The molecule has 0 saturated heterocycles. The van der Waals surface area contributed by atoms with E-state index in [4.69, 9.17) is 4.98 Å². The fraction of sp³-hybridized carbons (Fsp3) is 0.773. The summed E-state index contributed by atoms with van der Waals surface area (Å²) in [5, 5.41) is 0. The second-order valence-corrected chi connectivity index (χ2v) is 20.6. The zero-order valence-corrected chi connectivity index (χ0v) is 19.7. The van der Waals surface area contributed by atoms with Gasteiger partial charge >= 0.3 is 156 Å². The number of hydrogen-bond acceptors (Lipinski definition) is 1. The maximum atomic E-state index is 5.27. The Bertz CT molecular complexity index is 408. The van der Waals surface area contributed by atoms with Crippen molar-refractivity contribution in [1.82, 2.24) is 4.98 Å². The van der Waals surface area contributed by atoms with Crippen molar-refractivity contribution in [2.24, 2.45) is 0 Å². The minimum absolute atomic E-state index is 1.18. The molecule has 1 heterocycles. The van der Waals surface area contributed by atoms with Gasteiger partial charge in [-0.25, -0.2) is 0 Å². The van der Waals surface area contributed by atoms with Crippen molar-refractivity contribution in [3.05, 3.63) is 23.9 Å². The van der Waals surface area contributed by atoms with Crippen LogP contribution in [0, 0.1) is 0 Å². The number of aromatic nitrogens is 1. The first-order valence-electron chi connectivity index (χ1n) is 10.7. The van der Waals surface area contributed by atoms with E-state index in [-0.39, 0.29) is 0 Å². The number of unbranched alkanes of at least 4 members (excludes halogenated alkanes) is 5. The van der Waals surface area contributed by atoms with Gasteiger partial charge < -0.3 is 0 Å². The van der Waals surface area contributed by atoms with Gasteiger partial charge in [-0.1, -0.05) is 0 Å². The molecule has 0 amide bonds. The van der Waals surface area contributed by atoms with Crippen LogP contribution in [0.4, 0.5) is 0 Å². The van der Waals surface area contributed by atoms with Crippen LogP contribution in [0.3, 0.4) is 0 Å². The second kappa shape index (κ2) is 13.2. The molecule has 0 aliphatic rings. The van der Waals surface area contributed by atoms with E-state index in [1.165, 1.54) is 83.2 Å². The van der Waals surface area contributed by atoms with E-state index in [9.17, 15) is 0 Å². The summed E-state index contributed by atoms with van der Waals surface area (Å²) in [7, 11) is 0. The van der Waals surface area contributed by atoms with Gasteiger partial charge in [0.05, 0.1) is 0 Å². The summed E-state index contributed by atoms with van der Waals surface area (Å²) in [5.41, 5.74) is 1.37. The van der Waals surface area contributed by atoms with E-state index in [0.717, 1.165) is 0 Å². The molecule has 1 aromatic rings. The van der Waals surface area contributed by atoms with Gasteiger partial charge in [-0.05, 0) is 0 Å². The van der Waals surface area contributed by atoms with Gasteiger partial charge in [0.15, 0.2) is 0 Å². The Kier molecular flexibility index (Phi) is 12.1. The van der Waals surface area contributed by atoms with E-state index in [1.54, 1.807) is 3.71 Å². The van der Waals surface area contributed by atoms with Gasteiger partial charge in [-0.2, -0.15) is 0 Å². The molecule has 1 nitrogen and oxygen atoms in total. The predicted octanol–water partition coefficient (Wildman–Crippen LogP) is 6.87. The monoisotopic (exact) mass is 439 g/mol. The Hall–Kier alpha value is -0.0513. The van der Waals surface area contributed by atoms with E-state index in [2.05, 4.69) is 45.9 Å². The number of hydrogen-bond donors (Lipinski definition) is 0. The Morgan fingerprint density at radius 3 is 1.75 bits per heavy atom. The van der Waals surface area contributed by atoms with Crippen LogP contribution in [-0.2, 0) is 6.42 Å². The summed E-state index contributed by atoms with van der Waals surface area (Å²) in [4.78, 5) is 5.27. The Labute approximate surface area is 155 Å². The van der Waals surface area contributed by atoms with Crippen LogP contribution in [-0.4, -0.2) is 23.4 Å². The van der Waals surface area contributed by atoms with Gasteiger partial charge in [0, 0.05) is 0 Å². The molecule has 2 heteroatoms. The number of rotatable bonds is 14. The molecule has 0 saturated carbocycles. The fourth-order valence-electron chi connectivity index (χ4n) is 3.78. The molecular formula is C22H41NSn. The molecule has 0 radical (unpaired) electrons. The molecule has 24 heavy (non-hydrogen) atoms. The minimum atomic E-state index is -2.32. The first kappa shape index (κ1) is 22.0. The van der Waals surface area contributed by atoms with Crippen LogP contribution in [0.1, 0.15) is 91.2 Å². The molecule has 0 unspecified atom stereocenters. The van der Waals surface area contributed by atoms with Crippen LogP contribution in [0.2, 0.25) is 13.3 Å². The van der Waals surface area contributed by atoms with Crippen LogP contribution < -0.4 is 3.71 Å². The molecular weight excluding hydrogens is 397 g/mol. The summed E-state index contributed by atoms with van der Waals surface area (Å²) >= 11 is -2.32. The quantitative estimate of drug-likeness (QED) is 0.228. The van der Waals surface area contributed by atoms with Crippen LogP contribution in [0.5, 0.6) is 0 Å². The predicted molar refractivity (Wildman–Crippen MR) is 112 cm³/mol. The molecule has 0 spiro atoms. The van der Waals surface area contributed by atoms with Gasteiger partial charge in [-0.15, -0.1) is 0 Å². The zero-order valence-electron chi connectivity index (χ0n) is 16.9. The van der Waals surface area contributed by atoms with E-state index in [0.29, 0.717) is 0 Å². The van der Waals surface area contributed by atoms with Crippen molar-refractivity contribution in [1.29, 1.82) is 0 Å². The molecule has 0 aromatic carbocycles. The van der Waals surface area contributed by atoms with Crippen molar-refractivity contribution in [2.75, 3.05) is 0 Å². The normalized spacial score (nSPS) is 11.8. The molecule has 0 atom stereocenters. The van der Waals surface area contributed by atoms with E-state index < -0.39 is 18.4 Å². The van der Waals surface area contributed by atoms with Crippen molar-refractivity contribution >= 4 is 22.1 Å². The first-order chi connectivity index (χ1) is 11.7. The summed E-state index contributed by atoms with van der Waals surface area (Å²) < 4.78 is 6.18. The van der Waals surface area contributed by atoms with Crippen molar-refractivity contribution in [2.45, 2.75) is 105 Å². The molecule has 0 N–H and O–H groups in total. The van der Waals surface area contributed by atoms with Crippen LogP contribution in [0.25, 0.3) is 0 Å².